The van der Waals surface area contributed by atoms with Gasteiger partial charge in [0.05, 0.1) is 16.4 Å². The van der Waals surface area contributed by atoms with Crippen LogP contribution >= 0.6 is 11.6 Å². The van der Waals surface area contributed by atoms with E-state index in [0.29, 0.717) is 24.2 Å². The van der Waals surface area contributed by atoms with Crippen LogP contribution in [0.25, 0.3) is 0 Å². The van der Waals surface area contributed by atoms with E-state index in [-0.39, 0.29) is 29.0 Å². The number of hydrogen-bond donors (Lipinski definition) is 0. The van der Waals surface area contributed by atoms with E-state index in [1.165, 1.54) is 26.0 Å². The van der Waals surface area contributed by atoms with E-state index in [1.54, 1.807) is 42.5 Å². The number of nitrogens with zero attached hydrogens (tertiary/aromatic N) is 3. The Morgan fingerprint density at radius 1 is 0.964 bits per heavy atom. The van der Waals surface area contributed by atoms with Gasteiger partial charge in [-0.3, -0.25) is 4.31 Å². The van der Waals surface area contributed by atoms with Gasteiger partial charge < -0.3 is 0 Å². The summed E-state index contributed by atoms with van der Waals surface area (Å²) in [6.45, 7) is 0.465. The number of fused-ring (bicyclic) bond motifs is 1. The molecule has 0 unspecified atom stereocenters. The summed E-state index contributed by atoms with van der Waals surface area (Å²) in [6.07, 6.45) is 0.816. The Labute approximate surface area is 170 Å². The van der Waals surface area contributed by atoms with Gasteiger partial charge in [0, 0.05) is 26.2 Å². The van der Waals surface area contributed by atoms with Crippen LogP contribution in [0.2, 0.25) is 5.02 Å². The van der Waals surface area contributed by atoms with Crippen LogP contribution in [-0.4, -0.2) is 47.3 Å². The van der Waals surface area contributed by atoms with Crippen molar-refractivity contribution in [3.63, 3.8) is 0 Å². The highest BCUT2D eigenvalue weighted by atomic mass is 35.5. The summed E-state index contributed by atoms with van der Waals surface area (Å²) in [5, 5.41) is 0.183. The molecule has 0 aliphatic carbocycles. The number of rotatable bonds is 3. The molecule has 2 aromatic rings. The molecule has 4 rings (SSSR count). The molecular weight excluding hydrogens is 422 g/mol. The molecule has 28 heavy (non-hydrogen) atoms. The maximum Gasteiger partial charge on any atom is 0.326 e. The van der Waals surface area contributed by atoms with Crippen LogP contribution in [-0.2, 0) is 20.2 Å². The fraction of sp³-hybridized carbons (Fsp3) is 0.333. The minimum Gasteiger partial charge on any atom is -0.254 e. The zero-order chi connectivity index (χ0) is 20.1. The van der Waals surface area contributed by atoms with Gasteiger partial charge >= 0.3 is 10.2 Å². The molecule has 1 saturated heterocycles. The third-order valence-corrected chi connectivity index (χ3v) is 9.54. The molecule has 2 heterocycles. The largest absolute Gasteiger partial charge is 0.326 e. The van der Waals surface area contributed by atoms with Crippen LogP contribution in [0.1, 0.15) is 12.8 Å². The highest BCUT2D eigenvalue weighted by molar-refractivity contribution is 7.94. The Kier molecular flexibility index (Phi) is 4.81. The summed E-state index contributed by atoms with van der Waals surface area (Å²) in [4.78, 5) is 0.0778. The predicted molar refractivity (Wildman–Crippen MR) is 109 cm³/mol. The van der Waals surface area contributed by atoms with Crippen molar-refractivity contribution in [2.24, 2.45) is 0 Å². The van der Waals surface area contributed by atoms with Gasteiger partial charge in [0.25, 0.3) is 0 Å². The van der Waals surface area contributed by atoms with Crippen LogP contribution in [0, 0.1) is 0 Å². The van der Waals surface area contributed by atoms with Gasteiger partial charge in [0.15, 0.2) is 0 Å². The first-order valence-electron chi connectivity index (χ1n) is 8.86. The standard InChI is InChI=1S/C18H20ClN3O4S2/c1-20-16-7-3-4-8-17(16)22(28(20,25)26)14-10-12-21(13-11-14)27(23,24)18-9-5-2-6-15(18)19/h2-9,14H,10-13H2,1H3. The first-order valence-corrected chi connectivity index (χ1v) is 12.1. The van der Waals surface area contributed by atoms with Gasteiger partial charge in [-0.2, -0.15) is 12.7 Å². The van der Waals surface area contributed by atoms with Crippen LogP contribution in [0.3, 0.4) is 0 Å². The third-order valence-electron chi connectivity index (χ3n) is 5.26. The van der Waals surface area contributed by atoms with Crippen LogP contribution in [0.5, 0.6) is 0 Å². The summed E-state index contributed by atoms with van der Waals surface area (Å²) in [7, 11) is -5.84. The quantitative estimate of drug-likeness (QED) is 0.733. The molecule has 0 radical (unpaired) electrons. The monoisotopic (exact) mass is 441 g/mol. The Hall–Kier alpha value is -1.81. The van der Waals surface area contributed by atoms with E-state index in [4.69, 9.17) is 11.6 Å². The first-order chi connectivity index (χ1) is 13.2. The van der Waals surface area contributed by atoms with Gasteiger partial charge in [-0.1, -0.05) is 35.9 Å². The maximum absolute atomic E-state index is 12.9. The fourth-order valence-electron chi connectivity index (χ4n) is 3.79. The van der Waals surface area contributed by atoms with Crippen LogP contribution in [0.4, 0.5) is 11.4 Å². The average Bonchev–Trinajstić information content (AvgIpc) is 2.88. The number of anilines is 2. The van der Waals surface area contributed by atoms with Gasteiger partial charge in [-0.05, 0) is 37.1 Å². The lowest BCUT2D eigenvalue weighted by molar-refractivity contribution is 0.321. The van der Waals surface area contributed by atoms with E-state index >= 15 is 0 Å². The van der Waals surface area contributed by atoms with Gasteiger partial charge in [0.1, 0.15) is 4.90 Å². The van der Waals surface area contributed by atoms with Crippen molar-refractivity contribution >= 4 is 43.2 Å². The molecule has 0 aromatic heterocycles. The molecule has 2 aliphatic heterocycles. The number of para-hydroxylation sites is 2. The van der Waals surface area contributed by atoms with Crippen molar-refractivity contribution in [3.05, 3.63) is 53.6 Å². The van der Waals surface area contributed by atoms with Gasteiger partial charge in [-0.25, -0.2) is 12.7 Å². The molecule has 0 spiro atoms. The summed E-state index contributed by atoms with van der Waals surface area (Å²) >= 11 is 6.07. The summed E-state index contributed by atoms with van der Waals surface area (Å²) in [5.74, 6) is 0. The SMILES string of the molecule is CN1c2ccccc2N(C2CCN(S(=O)(=O)c3ccccc3Cl)CC2)S1(=O)=O. The van der Waals surface area contributed by atoms with Crippen molar-refractivity contribution in [1.29, 1.82) is 0 Å². The maximum atomic E-state index is 12.9. The lowest BCUT2D eigenvalue weighted by Gasteiger charge is -2.36. The molecule has 0 atom stereocenters. The molecule has 2 aromatic carbocycles. The van der Waals surface area contributed by atoms with Crippen LogP contribution in [0.15, 0.2) is 53.4 Å². The fourth-order valence-corrected chi connectivity index (χ4v) is 7.41. The highest BCUT2D eigenvalue weighted by Crippen LogP contribution is 2.42. The number of halogens is 1. The second-order valence-electron chi connectivity index (χ2n) is 6.83. The number of piperidine rings is 1. The summed E-state index contributed by atoms with van der Waals surface area (Å²) < 4.78 is 55.7. The van der Waals surface area contributed by atoms with Crippen LogP contribution < -0.4 is 8.61 Å². The molecule has 0 amide bonds. The van der Waals surface area contributed by atoms with E-state index in [2.05, 4.69) is 0 Å². The Morgan fingerprint density at radius 3 is 2.18 bits per heavy atom. The average molecular weight is 442 g/mol. The Bertz CT molecular complexity index is 1110. The van der Waals surface area contributed by atoms with Crippen molar-refractivity contribution in [2.75, 3.05) is 28.7 Å². The molecule has 0 bridgehead atoms. The third kappa shape index (κ3) is 2.97. The highest BCUT2D eigenvalue weighted by Gasteiger charge is 2.43. The van der Waals surface area contributed by atoms with Crippen molar-refractivity contribution in [1.82, 2.24) is 4.31 Å². The lowest BCUT2D eigenvalue weighted by Crippen LogP contribution is -2.49. The Balaban J connectivity index is 1.58. The zero-order valence-corrected chi connectivity index (χ0v) is 17.6. The zero-order valence-electron chi connectivity index (χ0n) is 15.2. The minimum atomic E-state index is -3.72. The molecular formula is C18H20ClN3O4S2. The molecule has 1 fully saturated rings. The smallest absolute Gasteiger partial charge is 0.254 e. The van der Waals surface area contributed by atoms with E-state index in [1.807, 2.05) is 0 Å². The Morgan fingerprint density at radius 2 is 1.54 bits per heavy atom. The van der Waals surface area contributed by atoms with Crippen molar-refractivity contribution < 1.29 is 16.8 Å². The molecule has 2 aliphatic rings. The van der Waals surface area contributed by atoms with E-state index < -0.39 is 20.2 Å². The normalized spacial score (nSPS) is 20.4. The molecule has 7 nitrogen and oxygen atoms in total. The summed E-state index contributed by atoms with van der Waals surface area (Å²) in [5.41, 5.74) is 1.27. The number of benzene rings is 2. The van der Waals surface area contributed by atoms with Gasteiger partial charge in [-0.15, -0.1) is 0 Å². The molecule has 0 saturated carbocycles. The van der Waals surface area contributed by atoms with E-state index in [0.717, 1.165) is 0 Å². The summed E-state index contributed by atoms with van der Waals surface area (Å²) in [6, 6.07) is 13.2. The first kappa shape index (κ1) is 19.5. The minimum absolute atomic E-state index is 0.0778. The van der Waals surface area contributed by atoms with E-state index in [9.17, 15) is 16.8 Å². The second-order valence-corrected chi connectivity index (χ2v) is 11.0. The second kappa shape index (κ2) is 6.91. The number of sulfonamides is 1. The van der Waals surface area contributed by atoms with Crippen molar-refractivity contribution in [3.8, 4) is 0 Å². The molecule has 150 valence electrons. The molecule has 10 heteroatoms. The van der Waals surface area contributed by atoms with Gasteiger partial charge in [0.2, 0.25) is 10.0 Å². The lowest BCUT2D eigenvalue weighted by atomic mass is 10.1. The van der Waals surface area contributed by atoms with Crippen molar-refractivity contribution in [2.45, 2.75) is 23.8 Å². The predicted octanol–water partition coefficient (Wildman–Crippen LogP) is 2.69. The molecule has 0 N–H and O–H groups in total. The number of hydrogen-bond acceptors (Lipinski definition) is 4. The topological polar surface area (TPSA) is 78.0 Å².